The van der Waals surface area contributed by atoms with Crippen molar-refractivity contribution < 1.29 is 4.79 Å². The smallest absolute Gasteiger partial charge is 0.226 e. The summed E-state index contributed by atoms with van der Waals surface area (Å²) >= 11 is 0. The SMILES string of the molecule is CC(CN)CN(C)C(=O)C1C2CCCCC21. The van der Waals surface area contributed by atoms with Crippen molar-refractivity contribution in [2.24, 2.45) is 29.4 Å². The molecule has 2 rings (SSSR count). The Morgan fingerprint density at radius 3 is 2.44 bits per heavy atom. The highest BCUT2D eigenvalue weighted by Crippen LogP contribution is 2.55. The highest BCUT2D eigenvalue weighted by molar-refractivity contribution is 5.82. The number of nitrogens with two attached hydrogens (primary N) is 1. The molecule has 0 saturated heterocycles. The Balaban J connectivity index is 1.84. The molecule has 2 fully saturated rings. The zero-order chi connectivity index (χ0) is 11.7. The van der Waals surface area contributed by atoms with E-state index in [1.54, 1.807) is 0 Å². The first kappa shape index (κ1) is 11.9. The Labute approximate surface area is 98.4 Å². The van der Waals surface area contributed by atoms with Gasteiger partial charge in [0, 0.05) is 19.5 Å². The highest BCUT2D eigenvalue weighted by Gasteiger charge is 2.55. The minimum atomic E-state index is 0.359. The number of nitrogens with zero attached hydrogens (tertiary/aromatic N) is 1. The lowest BCUT2D eigenvalue weighted by molar-refractivity contribution is -0.132. The van der Waals surface area contributed by atoms with Crippen LogP contribution in [-0.2, 0) is 4.79 Å². The van der Waals surface area contributed by atoms with Crippen LogP contribution in [0.2, 0.25) is 0 Å². The molecule has 1 amide bonds. The highest BCUT2D eigenvalue weighted by atomic mass is 16.2. The van der Waals surface area contributed by atoms with Gasteiger partial charge in [0.25, 0.3) is 0 Å². The van der Waals surface area contributed by atoms with Gasteiger partial charge >= 0.3 is 0 Å². The Morgan fingerprint density at radius 1 is 1.38 bits per heavy atom. The molecule has 0 aromatic carbocycles. The fourth-order valence-corrected chi connectivity index (χ4v) is 3.25. The Bertz CT molecular complexity index is 255. The van der Waals surface area contributed by atoms with Crippen molar-refractivity contribution in [3.05, 3.63) is 0 Å². The van der Waals surface area contributed by atoms with Gasteiger partial charge in [-0.1, -0.05) is 19.8 Å². The van der Waals surface area contributed by atoms with Crippen molar-refractivity contribution >= 4 is 5.91 Å². The molecule has 92 valence electrons. The van der Waals surface area contributed by atoms with Gasteiger partial charge in [0.1, 0.15) is 0 Å². The zero-order valence-electron chi connectivity index (χ0n) is 10.5. The first-order chi connectivity index (χ1) is 7.65. The molecule has 3 unspecified atom stereocenters. The average Bonchev–Trinajstić information content (AvgIpc) is 3.01. The van der Waals surface area contributed by atoms with Gasteiger partial charge in [-0.05, 0) is 37.1 Å². The van der Waals surface area contributed by atoms with Crippen LogP contribution in [-0.4, -0.2) is 30.9 Å². The van der Waals surface area contributed by atoms with Crippen LogP contribution < -0.4 is 5.73 Å². The quantitative estimate of drug-likeness (QED) is 0.786. The molecule has 3 nitrogen and oxygen atoms in total. The van der Waals surface area contributed by atoms with Crippen molar-refractivity contribution in [2.75, 3.05) is 20.1 Å². The lowest BCUT2D eigenvalue weighted by Crippen LogP contribution is -2.35. The molecule has 0 aliphatic heterocycles. The minimum absolute atomic E-state index is 0.359. The summed E-state index contributed by atoms with van der Waals surface area (Å²) in [5, 5.41) is 0. The number of fused-ring (bicyclic) bond motifs is 1. The van der Waals surface area contributed by atoms with Gasteiger partial charge in [-0.2, -0.15) is 0 Å². The van der Waals surface area contributed by atoms with Crippen LogP contribution in [0.3, 0.4) is 0 Å². The van der Waals surface area contributed by atoms with Crippen molar-refractivity contribution in [3.8, 4) is 0 Å². The van der Waals surface area contributed by atoms with Gasteiger partial charge in [0.15, 0.2) is 0 Å². The average molecular weight is 224 g/mol. The van der Waals surface area contributed by atoms with E-state index in [2.05, 4.69) is 6.92 Å². The van der Waals surface area contributed by atoms with E-state index >= 15 is 0 Å². The monoisotopic (exact) mass is 224 g/mol. The maximum absolute atomic E-state index is 12.2. The van der Waals surface area contributed by atoms with E-state index < -0.39 is 0 Å². The summed E-state index contributed by atoms with van der Waals surface area (Å²) in [7, 11) is 1.93. The van der Waals surface area contributed by atoms with Gasteiger partial charge in [0.05, 0.1) is 0 Å². The van der Waals surface area contributed by atoms with Crippen LogP contribution >= 0.6 is 0 Å². The molecule has 2 aliphatic carbocycles. The molecule has 0 spiro atoms. The predicted octanol–water partition coefficient (Wildman–Crippen LogP) is 1.48. The molecule has 0 aromatic rings. The van der Waals surface area contributed by atoms with Crippen LogP contribution in [0.4, 0.5) is 0 Å². The Kier molecular flexibility index (Phi) is 3.53. The fraction of sp³-hybridized carbons (Fsp3) is 0.923. The number of hydrogen-bond acceptors (Lipinski definition) is 2. The molecule has 0 heterocycles. The summed E-state index contributed by atoms with van der Waals surface area (Å²) in [6, 6.07) is 0. The summed E-state index contributed by atoms with van der Waals surface area (Å²) in [6.07, 6.45) is 5.21. The number of carbonyl (C=O) groups excluding carboxylic acids is 1. The van der Waals surface area contributed by atoms with E-state index in [4.69, 9.17) is 5.73 Å². The van der Waals surface area contributed by atoms with E-state index in [1.807, 2.05) is 11.9 Å². The summed E-state index contributed by atoms with van der Waals surface area (Å²) in [6.45, 7) is 3.57. The second kappa shape index (κ2) is 4.74. The molecule has 0 bridgehead atoms. The van der Waals surface area contributed by atoms with Crippen molar-refractivity contribution in [1.82, 2.24) is 4.90 Å². The number of hydrogen-bond donors (Lipinski definition) is 1. The van der Waals surface area contributed by atoms with E-state index in [-0.39, 0.29) is 0 Å². The number of carbonyl (C=O) groups is 1. The van der Waals surface area contributed by atoms with Crippen LogP contribution in [0, 0.1) is 23.7 Å². The first-order valence-corrected chi connectivity index (χ1v) is 6.60. The van der Waals surface area contributed by atoms with Gasteiger partial charge in [-0.3, -0.25) is 4.79 Å². The minimum Gasteiger partial charge on any atom is -0.345 e. The molecule has 0 radical (unpaired) electrons. The summed E-state index contributed by atoms with van der Waals surface area (Å²) in [5.74, 6) is 2.58. The molecule has 2 N–H and O–H groups in total. The predicted molar refractivity (Wildman–Crippen MR) is 64.8 cm³/mol. The van der Waals surface area contributed by atoms with Gasteiger partial charge < -0.3 is 10.6 Å². The fourth-order valence-electron chi connectivity index (χ4n) is 3.25. The van der Waals surface area contributed by atoms with E-state index in [0.717, 1.165) is 18.4 Å². The molecule has 16 heavy (non-hydrogen) atoms. The normalized spacial score (nSPS) is 34.1. The summed E-state index contributed by atoms with van der Waals surface area (Å²) in [4.78, 5) is 14.1. The van der Waals surface area contributed by atoms with Crippen LogP contribution in [0.25, 0.3) is 0 Å². The molecule has 3 atom stereocenters. The Morgan fingerprint density at radius 2 is 1.94 bits per heavy atom. The maximum Gasteiger partial charge on any atom is 0.226 e. The van der Waals surface area contributed by atoms with E-state index in [0.29, 0.717) is 24.3 Å². The largest absolute Gasteiger partial charge is 0.345 e. The number of amides is 1. The van der Waals surface area contributed by atoms with Crippen molar-refractivity contribution in [2.45, 2.75) is 32.6 Å². The third kappa shape index (κ3) is 2.24. The Hall–Kier alpha value is -0.570. The second-order valence-electron chi connectivity index (χ2n) is 5.70. The lowest BCUT2D eigenvalue weighted by Gasteiger charge is -2.21. The summed E-state index contributed by atoms with van der Waals surface area (Å²) < 4.78 is 0. The third-order valence-corrected chi connectivity index (χ3v) is 4.31. The van der Waals surface area contributed by atoms with Gasteiger partial charge in [-0.15, -0.1) is 0 Å². The van der Waals surface area contributed by atoms with E-state index in [9.17, 15) is 4.79 Å². The van der Waals surface area contributed by atoms with Crippen molar-refractivity contribution in [3.63, 3.8) is 0 Å². The third-order valence-electron chi connectivity index (χ3n) is 4.31. The molecule has 2 saturated carbocycles. The molecule has 3 heteroatoms. The molecular formula is C13H24N2O. The van der Waals surface area contributed by atoms with Crippen molar-refractivity contribution in [1.29, 1.82) is 0 Å². The van der Waals surface area contributed by atoms with Crippen LogP contribution in [0.5, 0.6) is 0 Å². The summed E-state index contributed by atoms with van der Waals surface area (Å²) in [5.41, 5.74) is 5.59. The van der Waals surface area contributed by atoms with Gasteiger partial charge in [-0.25, -0.2) is 0 Å². The topological polar surface area (TPSA) is 46.3 Å². The molecule has 2 aliphatic rings. The maximum atomic E-state index is 12.2. The number of rotatable bonds is 4. The van der Waals surface area contributed by atoms with E-state index in [1.165, 1.54) is 25.7 Å². The standard InChI is InChI=1S/C13H24N2O/c1-9(7-14)8-15(2)13(16)12-10-5-3-4-6-11(10)12/h9-12H,3-8,14H2,1-2H3. The molecular weight excluding hydrogens is 200 g/mol. The van der Waals surface area contributed by atoms with Gasteiger partial charge in [0.2, 0.25) is 5.91 Å². The van der Waals surface area contributed by atoms with Crippen LogP contribution in [0.15, 0.2) is 0 Å². The first-order valence-electron chi connectivity index (χ1n) is 6.60. The van der Waals surface area contributed by atoms with Crippen LogP contribution in [0.1, 0.15) is 32.6 Å². The molecule has 0 aromatic heterocycles. The lowest BCUT2D eigenvalue weighted by atomic mass is 10.0. The second-order valence-corrected chi connectivity index (χ2v) is 5.70. The zero-order valence-corrected chi connectivity index (χ0v) is 10.5.